The predicted molar refractivity (Wildman–Crippen MR) is 76.6 cm³/mol. The van der Waals surface area contributed by atoms with Crippen molar-refractivity contribution < 1.29 is 4.52 Å². The minimum Gasteiger partial charge on any atom is -0.362 e. The van der Waals surface area contributed by atoms with Crippen molar-refractivity contribution in [2.45, 2.75) is 0 Å². The summed E-state index contributed by atoms with van der Waals surface area (Å²) in [5.74, 6) is 0. The first-order valence-electron chi connectivity index (χ1n) is 6.36. The fourth-order valence-electron chi connectivity index (χ4n) is 2.35. The molecule has 2 aromatic heterocycles. The number of hydrogen-bond acceptors (Lipinski definition) is 3. The van der Waals surface area contributed by atoms with Gasteiger partial charge in [-0.3, -0.25) is 4.57 Å². The van der Waals surface area contributed by atoms with Crippen molar-refractivity contribution >= 4 is 11.0 Å². The number of fused-ring (bicyclic) bond motifs is 1. The van der Waals surface area contributed by atoms with E-state index in [0.29, 0.717) is 0 Å². The number of aromatic nitrogens is 3. The standard InChI is InChI=1S/C16H11N3O/c1-2-6-12(7-3-1)16-15(10-20-18-16)19-11-17-13-8-4-5-9-14(13)19/h1-11H. The maximum absolute atomic E-state index is 5.17. The van der Waals surface area contributed by atoms with E-state index in [2.05, 4.69) is 10.1 Å². The van der Waals surface area contributed by atoms with Gasteiger partial charge in [-0.2, -0.15) is 0 Å². The van der Waals surface area contributed by atoms with Crippen molar-refractivity contribution in [2.24, 2.45) is 0 Å². The molecule has 0 saturated carbocycles. The van der Waals surface area contributed by atoms with Crippen molar-refractivity contribution in [3.8, 4) is 16.9 Å². The highest BCUT2D eigenvalue weighted by Gasteiger charge is 2.13. The molecule has 0 aliphatic heterocycles. The number of benzene rings is 2. The molecule has 4 heteroatoms. The molecular formula is C16H11N3O. The summed E-state index contributed by atoms with van der Waals surface area (Å²) in [6, 6.07) is 18.0. The molecule has 0 aliphatic carbocycles. The minimum atomic E-state index is 0.814. The summed E-state index contributed by atoms with van der Waals surface area (Å²) in [5.41, 5.74) is 4.72. The van der Waals surface area contributed by atoms with Crippen molar-refractivity contribution in [1.82, 2.24) is 14.7 Å². The number of para-hydroxylation sites is 2. The second kappa shape index (κ2) is 4.35. The third-order valence-corrected chi connectivity index (χ3v) is 3.31. The van der Waals surface area contributed by atoms with Crippen LogP contribution >= 0.6 is 0 Å². The van der Waals surface area contributed by atoms with Crippen LogP contribution in [-0.4, -0.2) is 14.7 Å². The molecular weight excluding hydrogens is 250 g/mol. The Morgan fingerprint density at radius 1 is 0.900 bits per heavy atom. The van der Waals surface area contributed by atoms with E-state index in [4.69, 9.17) is 4.52 Å². The Balaban J connectivity index is 1.94. The van der Waals surface area contributed by atoms with Crippen LogP contribution in [0, 0.1) is 0 Å². The van der Waals surface area contributed by atoms with Gasteiger partial charge in [-0.1, -0.05) is 47.6 Å². The van der Waals surface area contributed by atoms with Crippen LogP contribution in [0.25, 0.3) is 28.0 Å². The minimum absolute atomic E-state index is 0.814. The van der Waals surface area contributed by atoms with Crippen LogP contribution in [0.2, 0.25) is 0 Å². The molecule has 2 aromatic carbocycles. The molecule has 0 atom stereocenters. The van der Waals surface area contributed by atoms with Gasteiger partial charge in [0.05, 0.1) is 11.0 Å². The zero-order valence-corrected chi connectivity index (χ0v) is 10.6. The Kier molecular flexibility index (Phi) is 2.39. The fraction of sp³-hybridized carbons (Fsp3) is 0. The maximum atomic E-state index is 5.17. The van der Waals surface area contributed by atoms with E-state index in [1.54, 1.807) is 12.6 Å². The summed E-state index contributed by atoms with van der Waals surface area (Å²) in [6.45, 7) is 0. The summed E-state index contributed by atoms with van der Waals surface area (Å²) in [5, 5.41) is 4.13. The van der Waals surface area contributed by atoms with Crippen molar-refractivity contribution in [3.63, 3.8) is 0 Å². The Morgan fingerprint density at radius 2 is 1.70 bits per heavy atom. The van der Waals surface area contributed by atoms with Crippen LogP contribution in [-0.2, 0) is 0 Å². The summed E-state index contributed by atoms with van der Waals surface area (Å²) in [7, 11) is 0. The molecule has 4 aromatic rings. The quantitative estimate of drug-likeness (QED) is 0.553. The van der Waals surface area contributed by atoms with Gasteiger partial charge in [0.15, 0.2) is 0 Å². The lowest BCUT2D eigenvalue weighted by molar-refractivity contribution is 0.422. The third kappa shape index (κ3) is 1.62. The summed E-state index contributed by atoms with van der Waals surface area (Å²) < 4.78 is 7.17. The van der Waals surface area contributed by atoms with Crippen LogP contribution in [0.3, 0.4) is 0 Å². The van der Waals surface area contributed by atoms with Gasteiger partial charge in [0.1, 0.15) is 24.0 Å². The number of rotatable bonds is 2. The number of imidazole rings is 1. The van der Waals surface area contributed by atoms with E-state index in [0.717, 1.165) is 28.0 Å². The van der Waals surface area contributed by atoms with E-state index >= 15 is 0 Å². The van der Waals surface area contributed by atoms with Crippen LogP contribution in [0.15, 0.2) is 71.7 Å². The smallest absolute Gasteiger partial charge is 0.148 e. The van der Waals surface area contributed by atoms with Crippen LogP contribution < -0.4 is 0 Å². The number of hydrogen-bond donors (Lipinski definition) is 0. The highest BCUT2D eigenvalue weighted by molar-refractivity contribution is 5.79. The van der Waals surface area contributed by atoms with Gasteiger partial charge in [-0.15, -0.1) is 0 Å². The monoisotopic (exact) mass is 261 g/mol. The van der Waals surface area contributed by atoms with Crippen molar-refractivity contribution in [2.75, 3.05) is 0 Å². The largest absolute Gasteiger partial charge is 0.362 e. The average Bonchev–Trinajstić information content (AvgIpc) is 3.14. The molecule has 20 heavy (non-hydrogen) atoms. The molecule has 0 fully saturated rings. The molecule has 4 nitrogen and oxygen atoms in total. The molecule has 0 aliphatic rings. The van der Waals surface area contributed by atoms with Crippen LogP contribution in [0.1, 0.15) is 0 Å². The zero-order valence-electron chi connectivity index (χ0n) is 10.6. The van der Waals surface area contributed by atoms with E-state index in [1.807, 2.05) is 59.2 Å². The van der Waals surface area contributed by atoms with Gasteiger partial charge in [0.25, 0.3) is 0 Å². The molecule has 2 heterocycles. The maximum Gasteiger partial charge on any atom is 0.148 e. The van der Waals surface area contributed by atoms with E-state index in [1.165, 1.54) is 0 Å². The Labute approximate surface area is 115 Å². The summed E-state index contributed by atoms with van der Waals surface area (Å²) in [6.07, 6.45) is 3.44. The van der Waals surface area contributed by atoms with Gasteiger partial charge in [-0.25, -0.2) is 4.98 Å². The first-order chi connectivity index (χ1) is 9.93. The molecule has 0 amide bonds. The molecule has 0 unspecified atom stereocenters. The SMILES string of the molecule is c1ccc(-c2nocc2-n2cnc3ccccc32)cc1. The fourth-order valence-corrected chi connectivity index (χ4v) is 2.35. The molecule has 0 radical (unpaired) electrons. The zero-order chi connectivity index (χ0) is 13.4. The Morgan fingerprint density at radius 3 is 2.60 bits per heavy atom. The lowest BCUT2D eigenvalue weighted by Crippen LogP contribution is -1.92. The van der Waals surface area contributed by atoms with Gasteiger partial charge < -0.3 is 4.52 Å². The molecule has 0 spiro atoms. The molecule has 0 N–H and O–H groups in total. The molecule has 0 saturated heterocycles. The average molecular weight is 261 g/mol. The van der Waals surface area contributed by atoms with Crippen molar-refractivity contribution in [1.29, 1.82) is 0 Å². The summed E-state index contributed by atoms with van der Waals surface area (Å²) >= 11 is 0. The normalized spacial score (nSPS) is 11.0. The van der Waals surface area contributed by atoms with Gasteiger partial charge in [0, 0.05) is 5.56 Å². The lowest BCUT2D eigenvalue weighted by atomic mass is 10.1. The lowest BCUT2D eigenvalue weighted by Gasteiger charge is -2.03. The molecule has 4 rings (SSSR count). The van der Waals surface area contributed by atoms with E-state index in [9.17, 15) is 0 Å². The van der Waals surface area contributed by atoms with Crippen molar-refractivity contribution in [3.05, 3.63) is 67.2 Å². The van der Waals surface area contributed by atoms with Gasteiger partial charge in [0.2, 0.25) is 0 Å². The Hall–Kier alpha value is -2.88. The predicted octanol–water partition coefficient (Wildman–Crippen LogP) is 3.68. The highest BCUT2D eigenvalue weighted by Crippen LogP contribution is 2.27. The second-order valence-electron chi connectivity index (χ2n) is 4.52. The number of nitrogens with zero attached hydrogens (tertiary/aromatic N) is 3. The Bertz CT molecular complexity index is 861. The van der Waals surface area contributed by atoms with Crippen LogP contribution in [0.5, 0.6) is 0 Å². The third-order valence-electron chi connectivity index (χ3n) is 3.31. The highest BCUT2D eigenvalue weighted by atomic mass is 16.5. The molecule has 0 bridgehead atoms. The summed E-state index contributed by atoms with van der Waals surface area (Å²) in [4.78, 5) is 4.40. The first-order valence-corrected chi connectivity index (χ1v) is 6.36. The van der Waals surface area contributed by atoms with Gasteiger partial charge in [-0.05, 0) is 12.1 Å². The molecule has 96 valence electrons. The first kappa shape index (κ1) is 11.0. The second-order valence-corrected chi connectivity index (χ2v) is 4.52. The topological polar surface area (TPSA) is 43.9 Å². The van der Waals surface area contributed by atoms with E-state index in [-0.39, 0.29) is 0 Å². The van der Waals surface area contributed by atoms with E-state index < -0.39 is 0 Å². The van der Waals surface area contributed by atoms with Gasteiger partial charge >= 0.3 is 0 Å². The van der Waals surface area contributed by atoms with Crippen LogP contribution in [0.4, 0.5) is 0 Å².